The third kappa shape index (κ3) is 3.72. The highest BCUT2D eigenvalue weighted by molar-refractivity contribution is 5.83. The molecule has 2 bridgehead atoms. The number of fused-ring (bicyclic) bond motifs is 2. The van der Waals surface area contributed by atoms with Crippen LogP contribution in [0.25, 0.3) is 0 Å². The number of carboxylic acids is 1. The van der Waals surface area contributed by atoms with Crippen LogP contribution >= 0.6 is 0 Å². The van der Waals surface area contributed by atoms with Crippen molar-refractivity contribution in [1.82, 2.24) is 10.6 Å². The van der Waals surface area contributed by atoms with Gasteiger partial charge in [0.1, 0.15) is 6.04 Å². The van der Waals surface area contributed by atoms with Crippen LogP contribution in [0, 0.1) is 11.8 Å². The van der Waals surface area contributed by atoms with Gasteiger partial charge in [-0.3, -0.25) is 4.79 Å². The Morgan fingerprint density at radius 2 is 1.90 bits per heavy atom. The van der Waals surface area contributed by atoms with Crippen LogP contribution < -0.4 is 10.6 Å². The van der Waals surface area contributed by atoms with E-state index < -0.39 is 12.0 Å². The molecule has 5 heteroatoms. The molecule has 20 heavy (non-hydrogen) atoms. The van der Waals surface area contributed by atoms with Gasteiger partial charge in [0.25, 0.3) is 0 Å². The fourth-order valence-corrected chi connectivity index (χ4v) is 3.52. The molecule has 2 aliphatic heterocycles. The Morgan fingerprint density at radius 1 is 1.30 bits per heavy atom. The molecule has 2 fully saturated rings. The number of carbonyl (C=O) groups is 2. The molecule has 3 unspecified atom stereocenters. The average molecular weight is 282 g/mol. The monoisotopic (exact) mass is 282 g/mol. The first-order chi connectivity index (χ1) is 9.49. The standard InChI is InChI=1S/C15H26N2O3/c1-3-9(2)14(15(19)20)17-13(18)8-10-6-11-4-5-12(7-10)16-11/h9-12,14,16H,3-8H2,1-2H3,(H,17,18)(H,19,20)/t9?,10?,11?,12?,14-/m0/s1. The summed E-state index contributed by atoms with van der Waals surface area (Å²) in [5.41, 5.74) is 0. The molecule has 5 nitrogen and oxygen atoms in total. The zero-order chi connectivity index (χ0) is 14.7. The topological polar surface area (TPSA) is 78.4 Å². The Balaban J connectivity index is 1.83. The molecule has 0 spiro atoms. The Labute approximate surface area is 120 Å². The van der Waals surface area contributed by atoms with E-state index in [1.54, 1.807) is 0 Å². The van der Waals surface area contributed by atoms with Crippen molar-refractivity contribution < 1.29 is 14.7 Å². The first kappa shape index (κ1) is 15.3. The van der Waals surface area contributed by atoms with Crippen LogP contribution in [0.4, 0.5) is 0 Å². The quantitative estimate of drug-likeness (QED) is 0.690. The lowest BCUT2D eigenvalue weighted by atomic mass is 9.89. The van der Waals surface area contributed by atoms with Crippen molar-refractivity contribution >= 4 is 11.9 Å². The van der Waals surface area contributed by atoms with Crippen molar-refractivity contribution in [3.63, 3.8) is 0 Å². The van der Waals surface area contributed by atoms with Gasteiger partial charge in [0.15, 0.2) is 0 Å². The van der Waals surface area contributed by atoms with E-state index in [9.17, 15) is 14.7 Å². The van der Waals surface area contributed by atoms with Crippen LogP contribution in [0.3, 0.4) is 0 Å². The van der Waals surface area contributed by atoms with Crippen LogP contribution in [0.15, 0.2) is 0 Å². The minimum Gasteiger partial charge on any atom is -0.480 e. The second-order valence-electron chi connectivity index (χ2n) is 6.45. The summed E-state index contributed by atoms with van der Waals surface area (Å²) < 4.78 is 0. The van der Waals surface area contributed by atoms with E-state index in [2.05, 4.69) is 10.6 Å². The fourth-order valence-electron chi connectivity index (χ4n) is 3.52. The third-order valence-electron chi connectivity index (χ3n) is 4.84. The molecule has 2 saturated heterocycles. The van der Waals surface area contributed by atoms with Gasteiger partial charge in [-0.1, -0.05) is 20.3 Å². The van der Waals surface area contributed by atoms with E-state index in [0.717, 1.165) is 19.3 Å². The Kier molecular flexibility index (Phi) is 5.02. The predicted octanol–water partition coefficient (Wildman–Crippen LogP) is 1.52. The summed E-state index contributed by atoms with van der Waals surface area (Å²) in [5, 5.41) is 15.5. The molecule has 4 atom stereocenters. The second kappa shape index (κ2) is 6.57. The maximum Gasteiger partial charge on any atom is 0.326 e. The van der Waals surface area contributed by atoms with Crippen molar-refractivity contribution in [2.24, 2.45) is 11.8 Å². The normalized spacial score (nSPS) is 31.6. The molecular formula is C15H26N2O3. The zero-order valence-electron chi connectivity index (χ0n) is 12.4. The number of aliphatic carboxylic acids is 1. The second-order valence-corrected chi connectivity index (χ2v) is 6.45. The van der Waals surface area contributed by atoms with Gasteiger partial charge in [0.05, 0.1) is 0 Å². The van der Waals surface area contributed by atoms with Gasteiger partial charge in [-0.15, -0.1) is 0 Å². The Morgan fingerprint density at radius 3 is 2.40 bits per heavy atom. The van der Waals surface area contributed by atoms with Crippen LogP contribution in [-0.2, 0) is 9.59 Å². The van der Waals surface area contributed by atoms with Gasteiger partial charge in [0, 0.05) is 18.5 Å². The van der Waals surface area contributed by atoms with E-state index >= 15 is 0 Å². The van der Waals surface area contributed by atoms with Crippen molar-refractivity contribution in [3.05, 3.63) is 0 Å². The summed E-state index contributed by atoms with van der Waals surface area (Å²) in [5.74, 6) is -0.678. The van der Waals surface area contributed by atoms with Crippen LogP contribution in [0.2, 0.25) is 0 Å². The molecule has 2 heterocycles. The highest BCUT2D eigenvalue weighted by atomic mass is 16.4. The molecule has 2 rings (SSSR count). The van der Waals surface area contributed by atoms with Crippen molar-refractivity contribution in [2.45, 2.75) is 70.5 Å². The van der Waals surface area contributed by atoms with Gasteiger partial charge in [-0.2, -0.15) is 0 Å². The Bertz CT molecular complexity index is 360. The summed E-state index contributed by atoms with van der Waals surface area (Å²) >= 11 is 0. The zero-order valence-corrected chi connectivity index (χ0v) is 12.4. The van der Waals surface area contributed by atoms with E-state index in [-0.39, 0.29) is 11.8 Å². The van der Waals surface area contributed by atoms with E-state index in [1.807, 2.05) is 13.8 Å². The van der Waals surface area contributed by atoms with E-state index in [0.29, 0.717) is 24.4 Å². The van der Waals surface area contributed by atoms with Crippen molar-refractivity contribution in [1.29, 1.82) is 0 Å². The lowest BCUT2D eigenvalue weighted by Gasteiger charge is -2.29. The molecule has 0 saturated carbocycles. The molecule has 1 amide bonds. The highest BCUT2D eigenvalue weighted by Crippen LogP contribution is 2.32. The summed E-state index contributed by atoms with van der Waals surface area (Å²) in [6, 6.07) is 0.374. The van der Waals surface area contributed by atoms with Crippen LogP contribution in [-0.4, -0.2) is 35.1 Å². The molecule has 0 radical (unpaired) electrons. The maximum absolute atomic E-state index is 12.1. The van der Waals surface area contributed by atoms with Crippen LogP contribution in [0.1, 0.15) is 52.4 Å². The number of nitrogens with one attached hydrogen (secondary N) is 2. The lowest BCUT2D eigenvalue weighted by molar-refractivity contribution is -0.143. The summed E-state index contributed by atoms with van der Waals surface area (Å²) in [6.07, 6.45) is 5.74. The summed E-state index contributed by atoms with van der Waals surface area (Å²) in [7, 11) is 0. The SMILES string of the molecule is CCC(C)[C@H](NC(=O)CC1CC2CCC(C1)N2)C(=O)O. The molecule has 0 aromatic heterocycles. The van der Waals surface area contributed by atoms with Gasteiger partial charge >= 0.3 is 5.97 Å². The van der Waals surface area contributed by atoms with Gasteiger partial charge in [-0.05, 0) is 37.5 Å². The molecule has 3 N–H and O–H groups in total. The Hall–Kier alpha value is -1.10. The minimum absolute atomic E-state index is 0.0411. The van der Waals surface area contributed by atoms with Crippen molar-refractivity contribution in [2.75, 3.05) is 0 Å². The smallest absolute Gasteiger partial charge is 0.326 e. The molecular weight excluding hydrogens is 256 g/mol. The van der Waals surface area contributed by atoms with Gasteiger partial charge in [0.2, 0.25) is 5.91 Å². The van der Waals surface area contributed by atoms with Gasteiger partial charge < -0.3 is 15.7 Å². The summed E-state index contributed by atoms with van der Waals surface area (Å²) in [6.45, 7) is 3.81. The van der Waals surface area contributed by atoms with E-state index in [1.165, 1.54) is 12.8 Å². The largest absolute Gasteiger partial charge is 0.480 e. The molecule has 0 aliphatic carbocycles. The molecule has 0 aromatic rings. The van der Waals surface area contributed by atoms with Gasteiger partial charge in [-0.25, -0.2) is 4.79 Å². The first-order valence-corrected chi connectivity index (χ1v) is 7.77. The van der Waals surface area contributed by atoms with E-state index in [4.69, 9.17) is 0 Å². The molecule has 0 aromatic carbocycles. The number of rotatable bonds is 6. The lowest BCUT2D eigenvalue weighted by Crippen LogP contribution is -2.46. The number of amides is 1. The number of hydrogen-bond acceptors (Lipinski definition) is 3. The third-order valence-corrected chi connectivity index (χ3v) is 4.84. The maximum atomic E-state index is 12.1. The first-order valence-electron chi connectivity index (χ1n) is 7.77. The number of carbonyl (C=O) groups excluding carboxylic acids is 1. The number of hydrogen-bond donors (Lipinski definition) is 3. The minimum atomic E-state index is -0.932. The number of piperidine rings is 1. The van der Waals surface area contributed by atoms with Crippen LogP contribution in [0.5, 0.6) is 0 Å². The van der Waals surface area contributed by atoms with Crippen molar-refractivity contribution in [3.8, 4) is 0 Å². The highest BCUT2D eigenvalue weighted by Gasteiger charge is 2.35. The fraction of sp³-hybridized carbons (Fsp3) is 0.867. The summed E-state index contributed by atoms with van der Waals surface area (Å²) in [4.78, 5) is 23.3. The molecule has 2 aliphatic rings. The predicted molar refractivity (Wildman–Crippen MR) is 76.3 cm³/mol. The average Bonchev–Trinajstić information content (AvgIpc) is 2.74. The molecule has 114 valence electrons. The number of carboxylic acid groups (broad SMARTS) is 1.